The normalized spacial score (nSPS) is 29.7. The molecule has 2 rings (SSSR count). The lowest BCUT2D eigenvalue weighted by Crippen LogP contribution is -2.53. The van der Waals surface area contributed by atoms with Crippen LogP contribution < -0.4 is 5.32 Å². The summed E-state index contributed by atoms with van der Waals surface area (Å²) in [4.78, 5) is 1.26. The van der Waals surface area contributed by atoms with Crippen molar-refractivity contribution >= 4 is 17.4 Å². The first-order valence-electron chi connectivity index (χ1n) is 5.25. The van der Waals surface area contributed by atoms with E-state index in [1.54, 1.807) is 11.8 Å². The number of anilines is 1. The minimum absolute atomic E-state index is 0.206. The van der Waals surface area contributed by atoms with Crippen molar-refractivity contribution < 1.29 is 5.11 Å². The Morgan fingerprint density at radius 1 is 1.40 bits per heavy atom. The fraction of sp³-hybridized carbons (Fsp3) is 0.500. The Kier molecular flexibility index (Phi) is 2.94. The van der Waals surface area contributed by atoms with Gasteiger partial charge in [0.1, 0.15) is 0 Å². The van der Waals surface area contributed by atoms with Gasteiger partial charge in [0, 0.05) is 10.6 Å². The second-order valence-electron chi connectivity index (χ2n) is 4.32. The summed E-state index contributed by atoms with van der Waals surface area (Å²) in [6.45, 7) is 1.89. The molecule has 1 aliphatic carbocycles. The summed E-state index contributed by atoms with van der Waals surface area (Å²) < 4.78 is 0. The SMILES string of the molecule is CSc1ccc(N[C@H]2CC[C@]2(C)O)cc1. The quantitative estimate of drug-likeness (QED) is 0.773. The van der Waals surface area contributed by atoms with Gasteiger partial charge in [-0.3, -0.25) is 0 Å². The Balaban J connectivity index is 1.99. The minimum atomic E-state index is -0.530. The smallest absolute Gasteiger partial charge is 0.0820 e. The van der Waals surface area contributed by atoms with Gasteiger partial charge in [-0.1, -0.05) is 0 Å². The predicted molar refractivity (Wildman–Crippen MR) is 65.5 cm³/mol. The van der Waals surface area contributed by atoms with Crippen LogP contribution in [-0.2, 0) is 0 Å². The van der Waals surface area contributed by atoms with E-state index < -0.39 is 5.60 Å². The molecule has 15 heavy (non-hydrogen) atoms. The van der Waals surface area contributed by atoms with Crippen LogP contribution in [-0.4, -0.2) is 23.0 Å². The second kappa shape index (κ2) is 4.06. The molecule has 0 heterocycles. The number of rotatable bonds is 3. The highest BCUT2D eigenvalue weighted by Crippen LogP contribution is 2.34. The maximum atomic E-state index is 9.87. The zero-order valence-electron chi connectivity index (χ0n) is 9.16. The van der Waals surface area contributed by atoms with Crippen molar-refractivity contribution in [2.24, 2.45) is 0 Å². The Hall–Kier alpha value is -0.670. The van der Waals surface area contributed by atoms with Crippen molar-refractivity contribution in [2.75, 3.05) is 11.6 Å². The molecular weight excluding hydrogens is 206 g/mol. The van der Waals surface area contributed by atoms with E-state index in [9.17, 15) is 5.11 Å². The zero-order valence-corrected chi connectivity index (χ0v) is 9.97. The molecule has 2 nitrogen and oxygen atoms in total. The summed E-state index contributed by atoms with van der Waals surface area (Å²) in [5.41, 5.74) is 0.566. The summed E-state index contributed by atoms with van der Waals surface area (Å²) >= 11 is 1.74. The molecule has 0 spiro atoms. The van der Waals surface area contributed by atoms with Crippen molar-refractivity contribution in [2.45, 2.75) is 36.3 Å². The van der Waals surface area contributed by atoms with Crippen molar-refractivity contribution in [3.05, 3.63) is 24.3 Å². The monoisotopic (exact) mass is 223 g/mol. The maximum Gasteiger partial charge on any atom is 0.0820 e. The van der Waals surface area contributed by atoms with Gasteiger partial charge in [-0.15, -0.1) is 11.8 Å². The molecule has 1 aromatic carbocycles. The summed E-state index contributed by atoms with van der Waals surface area (Å²) in [5.74, 6) is 0. The Morgan fingerprint density at radius 3 is 2.47 bits per heavy atom. The van der Waals surface area contributed by atoms with Crippen LogP contribution in [0.2, 0.25) is 0 Å². The largest absolute Gasteiger partial charge is 0.388 e. The Morgan fingerprint density at radius 2 is 2.07 bits per heavy atom. The van der Waals surface area contributed by atoms with Gasteiger partial charge in [0.2, 0.25) is 0 Å². The summed E-state index contributed by atoms with van der Waals surface area (Å²) in [6.07, 6.45) is 4.02. The highest BCUT2D eigenvalue weighted by Gasteiger charge is 2.40. The van der Waals surface area contributed by atoms with Crippen molar-refractivity contribution in [3.8, 4) is 0 Å². The second-order valence-corrected chi connectivity index (χ2v) is 5.20. The van der Waals surface area contributed by atoms with E-state index in [1.807, 2.05) is 6.92 Å². The van der Waals surface area contributed by atoms with E-state index in [-0.39, 0.29) is 6.04 Å². The number of hydrogen-bond acceptors (Lipinski definition) is 3. The fourth-order valence-electron chi connectivity index (χ4n) is 1.82. The van der Waals surface area contributed by atoms with Crippen LogP contribution in [0.5, 0.6) is 0 Å². The standard InChI is InChI=1S/C12H17NOS/c1-12(14)8-7-11(12)13-9-3-5-10(15-2)6-4-9/h3-6,11,13-14H,7-8H2,1-2H3/t11-,12-/m0/s1. The van der Waals surface area contributed by atoms with Gasteiger partial charge in [-0.05, 0) is 50.3 Å². The van der Waals surface area contributed by atoms with Crippen LogP contribution >= 0.6 is 11.8 Å². The Labute approximate surface area is 95.1 Å². The first-order chi connectivity index (χ1) is 7.12. The maximum absolute atomic E-state index is 9.87. The summed E-state index contributed by atoms with van der Waals surface area (Å²) in [7, 11) is 0. The van der Waals surface area contributed by atoms with Crippen molar-refractivity contribution in [1.29, 1.82) is 0 Å². The first-order valence-corrected chi connectivity index (χ1v) is 6.47. The molecular formula is C12H17NOS. The topological polar surface area (TPSA) is 32.3 Å². The number of nitrogens with one attached hydrogen (secondary N) is 1. The van der Waals surface area contributed by atoms with Crippen LogP contribution in [0.3, 0.4) is 0 Å². The van der Waals surface area contributed by atoms with Gasteiger partial charge in [-0.25, -0.2) is 0 Å². The number of thioether (sulfide) groups is 1. The van der Waals surface area contributed by atoms with Crippen molar-refractivity contribution in [1.82, 2.24) is 0 Å². The van der Waals surface area contributed by atoms with Crippen LogP contribution in [0.15, 0.2) is 29.2 Å². The van der Waals surface area contributed by atoms with E-state index in [0.29, 0.717) is 0 Å². The first kappa shape index (κ1) is 10.8. The molecule has 1 aromatic rings. The van der Waals surface area contributed by atoms with Gasteiger partial charge in [0.05, 0.1) is 11.6 Å². The van der Waals surface area contributed by atoms with E-state index in [1.165, 1.54) is 4.90 Å². The van der Waals surface area contributed by atoms with Crippen LogP contribution in [0.4, 0.5) is 5.69 Å². The molecule has 2 N–H and O–H groups in total. The third-order valence-corrected chi connectivity index (χ3v) is 3.86. The molecule has 0 bridgehead atoms. The third kappa shape index (κ3) is 2.29. The highest BCUT2D eigenvalue weighted by molar-refractivity contribution is 7.98. The van der Waals surface area contributed by atoms with E-state index in [0.717, 1.165) is 18.5 Å². The third-order valence-electron chi connectivity index (χ3n) is 3.12. The number of aliphatic hydroxyl groups is 1. The number of benzene rings is 1. The van der Waals surface area contributed by atoms with Gasteiger partial charge >= 0.3 is 0 Å². The van der Waals surface area contributed by atoms with Gasteiger partial charge in [0.25, 0.3) is 0 Å². The molecule has 0 radical (unpaired) electrons. The lowest BCUT2D eigenvalue weighted by Gasteiger charge is -2.43. The van der Waals surface area contributed by atoms with E-state index >= 15 is 0 Å². The molecule has 82 valence electrons. The summed E-state index contributed by atoms with van der Waals surface area (Å²) in [5, 5.41) is 13.2. The van der Waals surface area contributed by atoms with Crippen LogP contribution in [0, 0.1) is 0 Å². The molecule has 2 atom stereocenters. The molecule has 3 heteroatoms. The molecule has 1 fully saturated rings. The zero-order chi connectivity index (χ0) is 10.9. The predicted octanol–water partition coefficient (Wildman–Crippen LogP) is 2.73. The molecule has 0 unspecified atom stereocenters. The molecule has 0 aromatic heterocycles. The molecule has 0 aliphatic heterocycles. The van der Waals surface area contributed by atoms with E-state index in [4.69, 9.17) is 0 Å². The van der Waals surface area contributed by atoms with Gasteiger partial charge in [0.15, 0.2) is 0 Å². The lowest BCUT2D eigenvalue weighted by atomic mass is 9.76. The average Bonchev–Trinajstić information content (AvgIpc) is 2.25. The summed E-state index contributed by atoms with van der Waals surface area (Å²) in [6, 6.07) is 8.54. The van der Waals surface area contributed by atoms with Gasteiger partial charge in [-0.2, -0.15) is 0 Å². The molecule has 0 saturated heterocycles. The lowest BCUT2D eigenvalue weighted by molar-refractivity contribution is -0.0286. The minimum Gasteiger partial charge on any atom is -0.388 e. The average molecular weight is 223 g/mol. The van der Waals surface area contributed by atoms with Crippen LogP contribution in [0.1, 0.15) is 19.8 Å². The van der Waals surface area contributed by atoms with Crippen molar-refractivity contribution in [3.63, 3.8) is 0 Å². The Bertz CT molecular complexity index is 334. The number of hydrogen-bond donors (Lipinski definition) is 2. The molecule has 0 amide bonds. The molecule has 1 aliphatic rings. The van der Waals surface area contributed by atoms with E-state index in [2.05, 4.69) is 35.8 Å². The fourth-order valence-corrected chi connectivity index (χ4v) is 2.23. The molecule has 1 saturated carbocycles. The highest BCUT2D eigenvalue weighted by atomic mass is 32.2. The van der Waals surface area contributed by atoms with Gasteiger partial charge < -0.3 is 10.4 Å². The van der Waals surface area contributed by atoms with Crippen LogP contribution in [0.25, 0.3) is 0 Å².